The fraction of sp³-hybridized carbons (Fsp3) is 0.292. The monoisotopic (exact) mass is 883 g/mol. The molecule has 0 radical (unpaired) electrons. The highest BCUT2D eigenvalue weighted by atomic mass is 16.5. The highest BCUT2D eigenvalue weighted by Crippen LogP contribution is 2.26. The predicted molar refractivity (Wildman–Crippen MR) is 241 cm³/mol. The molecule has 0 aliphatic carbocycles. The summed E-state index contributed by atoms with van der Waals surface area (Å²) in [6.45, 7) is 5.61. The largest absolute Gasteiger partial charge is 0.491 e. The molecule has 0 atom stereocenters. The van der Waals surface area contributed by atoms with E-state index in [4.69, 9.17) is 37.6 Å². The lowest BCUT2D eigenvalue weighted by atomic mass is 10.1. The van der Waals surface area contributed by atoms with Crippen molar-refractivity contribution < 1.29 is 37.6 Å². The van der Waals surface area contributed by atoms with E-state index in [0.29, 0.717) is 124 Å². The highest BCUT2D eigenvalue weighted by Gasteiger charge is 2.14. The topological polar surface area (TPSA) is 191 Å². The normalized spacial score (nSPS) is 11.5. The van der Waals surface area contributed by atoms with E-state index < -0.39 is 0 Å². The number of hydrogen-bond donors (Lipinski definition) is 1. The molecular formula is C48H49N7O10. The average molecular weight is 884 g/mol. The molecule has 0 saturated carbocycles. The van der Waals surface area contributed by atoms with Crippen LogP contribution in [0.3, 0.4) is 0 Å². The van der Waals surface area contributed by atoms with Gasteiger partial charge >= 0.3 is 0 Å². The van der Waals surface area contributed by atoms with Crippen LogP contribution in [0.25, 0.3) is 44.6 Å². The van der Waals surface area contributed by atoms with Crippen molar-refractivity contribution in [1.29, 1.82) is 0 Å². The Hall–Kier alpha value is -7.02. The molecule has 65 heavy (non-hydrogen) atoms. The van der Waals surface area contributed by atoms with Gasteiger partial charge < -0.3 is 37.6 Å². The third-order valence-corrected chi connectivity index (χ3v) is 10.2. The van der Waals surface area contributed by atoms with Gasteiger partial charge in [0, 0.05) is 55.3 Å². The summed E-state index contributed by atoms with van der Waals surface area (Å²) in [5.41, 5.74) is 4.05. The van der Waals surface area contributed by atoms with Gasteiger partial charge in [0.15, 0.2) is 10.9 Å². The second kappa shape index (κ2) is 22.6. The molecule has 0 bridgehead atoms. The molecule has 0 aliphatic heterocycles. The molecule has 17 nitrogen and oxygen atoms in total. The van der Waals surface area contributed by atoms with Gasteiger partial charge in [0.2, 0.25) is 0 Å². The fourth-order valence-corrected chi connectivity index (χ4v) is 6.95. The minimum absolute atomic E-state index is 0.0471. The molecule has 4 heterocycles. The Morgan fingerprint density at radius 1 is 0.538 bits per heavy atom. The van der Waals surface area contributed by atoms with Gasteiger partial charge in [-0.2, -0.15) is 0 Å². The maximum Gasteiger partial charge on any atom is 0.193 e. The quantitative estimate of drug-likeness (QED) is 0.0696. The van der Waals surface area contributed by atoms with Gasteiger partial charge in [0.05, 0.1) is 81.5 Å². The Morgan fingerprint density at radius 2 is 1.00 bits per heavy atom. The molecule has 0 unspecified atom stereocenters. The van der Waals surface area contributed by atoms with Crippen LogP contribution in [-0.4, -0.2) is 106 Å². The van der Waals surface area contributed by atoms with Crippen molar-refractivity contribution in [3.63, 3.8) is 0 Å². The van der Waals surface area contributed by atoms with E-state index in [2.05, 4.69) is 25.5 Å². The van der Waals surface area contributed by atoms with E-state index >= 15 is 0 Å². The van der Waals surface area contributed by atoms with Crippen LogP contribution in [0, 0.1) is 0 Å². The van der Waals surface area contributed by atoms with Gasteiger partial charge in [-0.3, -0.25) is 14.5 Å². The number of hydrogen-bond acceptors (Lipinski definition) is 15. The molecule has 1 N–H and O–H groups in total. The van der Waals surface area contributed by atoms with Crippen molar-refractivity contribution in [3.05, 3.63) is 153 Å². The lowest BCUT2D eigenvalue weighted by Crippen LogP contribution is -2.27. The number of para-hydroxylation sites is 2. The zero-order valence-electron chi connectivity index (χ0n) is 35.7. The SMILES string of the molecule is O=c1cc(-c2ccc(OCCOCCn3cc(CN(CCOCCO)Cc4cn(CCOCCOc5ccc(-c6cc(=O)c7ccccc7o6)cc5)nn4)nn3)cc2)oc2ccccc12. The molecule has 4 aromatic heterocycles. The molecule has 0 aliphatic rings. The van der Waals surface area contributed by atoms with E-state index in [0.717, 1.165) is 22.5 Å². The molecule has 0 saturated heterocycles. The summed E-state index contributed by atoms with van der Waals surface area (Å²) in [6.07, 6.45) is 3.78. The standard InChI is InChI=1S/C48H49N7O10/c56-20-24-59-21-17-53(31-37-33-54(51-49-37)18-22-60-25-27-62-39-13-9-35(10-14-39)47-29-43(57)41-5-1-3-7-45(41)64-47)32-38-34-55(52-50-38)19-23-61-26-28-63-40-15-11-36(12-16-40)48-30-44(58)42-6-2-4-8-46(42)65-48/h1-16,29-30,33-34,56H,17-28,31-32H2. The molecule has 0 fully saturated rings. The van der Waals surface area contributed by atoms with E-state index in [1.54, 1.807) is 33.6 Å². The van der Waals surface area contributed by atoms with Gasteiger partial charge in [0.25, 0.3) is 0 Å². The first-order chi connectivity index (χ1) is 32.0. The molecule has 8 rings (SSSR count). The second-order valence-electron chi connectivity index (χ2n) is 14.9. The summed E-state index contributed by atoms with van der Waals surface area (Å²) in [6, 6.07) is 32.2. The Labute approximate surface area is 373 Å². The number of rotatable bonds is 25. The highest BCUT2D eigenvalue weighted by molar-refractivity contribution is 5.79. The first-order valence-electron chi connectivity index (χ1n) is 21.3. The summed E-state index contributed by atoms with van der Waals surface area (Å²) in [4.78, 5) is 27.1. The number of fused-ring (bicyclic) bond motifs is 2. The van der Waals surface area contributed by atoms with Crippen molar-refractivity contribution in [1.82, 2.24) is 34.9 Å². The molecular weight excluding hydrogens is 835 g/mol. The lowest BCUT2D eigenvalue weighted by molar-refractivity contribution is 0.0697. The van der Waals surface area contributed by atoms with Crippen molar-refractivity contribution in [3.8, 4) is 34.1 Å². The van der Waals surface area contributed by atoms with E-state index in [1.807, 2.05) is 85.2 Å². The number of ether oxygens (including phenoxy) is 5. The van der Waals surface area contributed by atoms with E-state index in [1.165, 1.54) is 12.1 Å². The number of aliphatic hydroxyl groups is 1. The number of aromatic nitrogens is 6. The lowest BCUT2D eigenvalue weighted by Gasteiger charge is -2.19. The van der Waals surface area contributed by atoms with Gasteiger partial charge in [-0.15, -0.1) is 10.2 Å². The molecule has 0 spiro atoms. The van der Waals surface area contributed by atoms with Crippen LogP contribution in [0.15, 0.2) is 140 Å². The first kappa shape index (κ1) is 44.6. The maximum atomic E-state index is 12.5. The van der Waals surface area contributed by atoms with Crippen molar-refractivity contribution in [2.24, 2.45) is 0 Å². The summed E-state index contributed by atoms with van der Waals surface area (Å²) in [5.74, 6) is 2.36. The fourth-order valence-electron chi connectivity index (χ4n) is 6.95. The zero-order valence-corrected chi connectivity index (χ0v) is 35.7. The Bertz CT molecular complexity index is 2670. The third-order valence-electron chi connectivity index (χ3n) is 10.2. The maximum absolute atomic E-state index is 12.5. The average Bonchev–Trinajstić information content (AvgIpc) is 3.99. The molecule has 8 aromatic rings. The Kier molecular flexibility index (Phi) is 15.5. The zero-order chi connectivity index (χ0) is 44.6. The smallest absolute Gasteiger partial charge is 0.193 e. The molecule has 17 heteroatoms. The van der Waals surface area contributed by atoms with Crippen LogP contribution in [0.2, 0.25) is 0 Å². The molecule has 0 amide bonds. The number of aliphatic hydroxyl groups excluding tert-OH is 1. The Morgan fingerprint density at radius 3 is 1.48 bits per heavy atom. The van der Waals surface area contributed by atoms with Gasteiger partial charge in [-0.25, -0.2) is 9.36 Å². The van der Waals surface area contributed by atoms with Crippen molar-refractivity contribution in [2.75, 3.05) is 66.0 Å². The first-order valence-corrected chi connectivity index (χ1v) is 21.3. The summed E-state index contributed by atoms with van der Waals surface area (Å²) < 4.78 is 44.2. The van der Waals surface area contributed by atoms with Crippen LogP contribution >= 0.6 is 0 Å². The minimum atomic E-state index is -0.0840. The van der Waals surface area contributed by atoms with E-state index in [-0.39, 0.29) is 24.1 Å². The third kappa shape index (κ3) is 12.6. The minimum Gasteiger partial charge on any atom is -0.491 e. The second-order valence-corrected chi connectivity index (χ2v) is 14.9. The summed E-state index contributed by atoms with van der Waals surface area (Å²) >= 11 is 0. The van der Waals surface area contributed by atoms with Crippen LogP contribution < -0.4 is 20.3 Å². The van der Waals surface area contributed by atoms with Crippen LogP contribution in [0.4, 0.5) is 0 Å². The number of nitrogens with zero attached hydrogens (tertiary/aromatic N) is 7. The number of benzene rings is 4. The van der Waals surface area contributed by atoms with E-state index in [9.17, 15) is 9.59 Å². The summed E-state index contributed by atoms with van der Waals surface area (Å²) in [7, 11) is 0. The molecule has 4 aromatic carbocycles. The van der Waals surface area contributed by atoms with Crippen LogP contribution in [-0.2, 0) is 40.4 Å². The summed E-state index contributed by atoms with van der Waals surface area (Å²) in [5, 5.41) is 27.6. The Balaban J connectivity index is 0.722. The van der Waals surface area contributed by atoms with Crippen molar-refractivity contribution >= 4 is 21.9 Å². The van der Waals surface area contributed by atoms with Crippen LogP contribution in [0.1, 0.15) is 11.4 Å². The predicted octanol–water partition coefficient (Wildman–Crippen LogP) is 5.62. The van der Waals surface area contributed by atoms with Gasteiger partial charge in [-0.05, 0) is 72.8 Å². The van der Waals surface area contributed by atoms with Crippen LogP contribution in [0.5, 0.6) is 11.5 Å². The van der Waals surface area contributed by atoms with Crippen molar-refractivity contribution in [2.45, 2.75) is 26.2 Å². The molecule has 336 valence electrons. The van der Waals surface area contributed by atoms with Gasteiger partial charge in [-0.1, -0.05) is 34.7 Å². The van der Waals surface area contributed by atoms with Gasteiger partial charge in [0.1, 0.15) is 47.4 Å².